The van der Waals surface area contributed by atoms with Crippen LogP contribution in [0.3, 0.4) is 0 Å². The third-order valence-electron chi connectivity index (χ3n) is 2.80. The zero-order valence-electron chi connectivity index (χ0n) is 12.7. The summed E-state index contributed by atoms with van der Waals surface area (Å²) in [4.78, 5) is 3.53. The monoisotopic (exact) mass is 369 g/mol. The zero-order valence-corrected chi connectivity index (χ0v) is 16.9. The van der Waals surface area contributed by atoms with E-state index in [2.05, 4.69) is 44.8 Å². The quantitative estimate of drug-likeness (QED) is 0.481. The van der Waals surface area contributed by atoms with Crippen LogP contribution in [0.5, 0.6) is 0 Å². The van der Waals surface area contributed by atoms with Crippen LogP contribution < -0.4 is 0 Å². The molecule has 1 unspecified atom stereocenters. The standard InChI is InChI=1S/C8H10ClPS3.C6H15N/c1-2-10(11,12)13-8-5-3-7(9)4-6-8;1-4-7(5-2)6-3/h3-6H,2H2,1H3,(H,11,12);4-6H2,1-3H3. The highest BCUT2D eigenvalue weighted by atomic mass is 35.5. The molecule has 6 heteroatoms. The third-order valence-corrected chi connectivity index (χ3v) is 9.91. The summed E-state index contributed by atoms with van der Waals surface area (Å²) in [6.45, 7) is 12.2. The lowest BCUT2D eigenvalue weighted by Gasteiger charge is -2.13. The highest BCUT2D eigenvalue weighted by Crippen LogP contribution is 2.65. The highest BCUT2D eigenvalue weighted by molar-refractivity contribution is 8.96. The Kier molecular flexibility index (Phi) is 11.9. The van der Waals surface area contributed by atoms with E-state index in [9.17, 15) is 0 Å². The first kappa shape index (κ1) is 20.8. The van der Waals surface area contributed by atoms with Crippen molar-refractivity contribution in [3.63, 3.8) is 0 Å². The molecule has 0 N–H and O–H groups in total. The number of rotatable bonds is 6. The lowest BCUT2D eigenvalue weighted by atomic mass is 10.4. The van der Waals surface area contributed by atoms with Crippen molar-refractivity contribution in [2.75, 3.05) is 25.8 Å². The zero-order chi connectivity index (χ0) is 15.6. The Labute approximate surface area is 143 Å². The van der Waals surface area contributed by atoms with E-state index in [4.69, 9.17) is 23.4 Å². The summed E-state index contributed by atoms with van der Waals surface area (Å²) in [5.74, 6) is 0. The summed E-state index contributed by atoms with van der Waals surface area (Å²) in [5, 5.41) is 0.758. The van der Waals surface area contributed by atoms with Crippen molar-refractivity contribution in [3.8, 4) is 0 Å². The molecule has 0 fully saturated rings. The lowest BCUT2D eigenvalue weighted by molar-refractivity contribution is 0.321. The molecule has 116 valence electrons. The van der Waals surface area contributed by atoms with Gasteiger partial charge in [0, 0.05) is 9.92 Å². The van der Waals surface area contributed by atoms with Crippen LogP contribution >= 0.6 is 39.7 Å². The Hall–Kier alpha value is 0.820. The molecule has 20 heavy (non-hydrogen) atoms. The molecular formula is C14H25ClNPS3. The van der Waals surface area contributed by atoms with Crippen molar-refractivity contribution >= 4 is 51.5 Å². The number of benzene rings is 1. The fourth-order valence-corrected chi connectivity index (χ4v) is 5.60. The number of nitrogens with zero attached hydrogens (tertiary/aromatic N) is 1. The van der Waals surface area contributed by atoms with Crippen LogP contribution in [-0.2, 0) is 11.8 Å². The van der Waals surface area contributed by atoms with Crippen LogP contribution in [0.1, 0.15) is 27.7 Å². The van der Waals surface area contributed by atoms with Gasteiger partial charge in [0.2, 0.25) is 0 Å². The van der Waals surface area contributed by atoms with Gasteiger partial charge in [-0.2, -0.15) is 0 Å². The molecule has 0 aromatic heterocycles. The van der Waals surface area contributed by atoms with Gasteiger partial charge in [-0.05, 0) is 50.1 Å². The summed E-state index contributed by atoms with van der Waals surface area (Å²) in [7, 11) is 0. The molecule has 0 saturated carbocycles. The van der Waals surface area contributed by atoms with Crippen molar-refractivity contribution in [3.05, 3.63) is 29.3 Å². The molecule has 0 aliphatic heterocycles. The minimum atomic E-state index is -1.51. The van der Waals surface area contributed by atoms with Gasteiger partial charge >= 0.3 is 0 Å². The van der Waals surface area contributed by atoms with Gasteiger partial charge in [-0.1, -0.05) is 62.5 Å². The molecule has 1 rings (SSSR count). The second kappa shape index (κ2) is 11.4. The number of halogens is 1. The summed E-state index contributed by atoms with van der Waals surface area (Å²) in [5.41, 5.74) is 0. The van der Waals surface area contributed by atoms with Gasteiger partial charge in [0.15, 0.2) is 0 Å². The Morgan fingerprint density at radius 3 is 1.85 bits per heavy atom. The summed E-state index contributed by atoms with van der Waals surface area (Å²) in [6.07, 6.45) is 0.957. The highest BCUT2D eigenvalue weighted by Gasteiger charge is 2.09. The van der Waals surface area contributed by atoms with Crippen molar-refractivity contribution in [1.29, 1.82) is 0 Å². The molecule has 0 aliphatic carbocycles. The predicted octanol–water partition coefficient (Wildman–Crippen LogP) is 6.04. The summed E-state index contributed by atoms with van der Waals surface area (Å²) >= 11 is 17.3. The van der Waals surface area contributed by atoms with Crippen LogP contribution in [0.2, 0.25) is 5.02 Å². The van der Waals surface area contributed by atoms with Crippen LogP contribution in [-0.4, -0.2) is 30.7 Å². The average Bonchev–Trinajstić information content (AvgIpc) is 2.44. The SMILES string of the molecule is CCN(CC)CC.CCP(=S)(S)Sc1ccc(Cl)cc1. The molecule has 0 radical (unpaired) electrons. The molecule has 0 heterocycles. The number of hydrogen-bond donors (Lipinski definition) is 1. The smallest absolute Gasteiger partial charge is 0.0586 e. The second-order valence-corrected chi connectivity index (χ2v) is 15.8. The topological polar surface area (TPSA) is 3.24 Å². The van der Waals surface area contributed by atoms with Gasteiger partial charge in [0.25, 0.3) is 0 Å². The van der Waals surface area contributed by atoms with Crippen molar-refractivity contribution < 1.29 is 0 Å². The summed E-state index contributed by atoms with van der Waals surface area (Å²) < 4.78 is -1.51. The van der Waals surface area contributed by atoms with E-state index in [1.807, 2.05) is 24.3 Å². The molecule has 0 spiro atoms. The van der Waals surface area contributed by atoms with E-state index in [1.165, 1.54) is 19.6 Å². The average molecular weight is 370 g/mol. The Morgan fingerprint density at radius 2 is 1.55 bits per heavy atom. The molecule has 0 aliphatic rings. The van der Waals surface area contributed by atoms with Gasteiger partial charge < -0.3 is 4.90 Å². The van der Waals surface area contributed by atoms with Crippen molar-refractivity contribution in [2.45, 2.75) is 32.6 Å². The maximum Gasteiger partial charge on any atom is 0.0586 e. The Balaban J connectivity index is 0.000000441. The Bertz CT molecular complexity index is 402. The molecule has 1 nitrogen and oxygen atoms in total. The fraction of sp³-hybridized carbons (Fsp3) is 0.571. The lowest BCUT2D eigenvalue weighted by Crippen LogP contribution is -2.21. The molecule has 1 aromatic carbocycles. The van der Waals surface area contributed by atoms with Crippen molar-refractivity contribution in [1.82, 2.24) is 4.90 Å². The number of thiol groups is 1. The van der Waals surface area contributed by atoms with Gasteiger partial charge in [-0.25, -0.2) is 0 Å². The van der Waals surface area contributed by atoms with Gasteiger partial charge in [0.05, 0.1) is 4.44 Å². The van der Waals surface area contributed by atoms with E-state index in [0.29, 0.717) is 0 Å². The van der Waals surface area contributed by atoms with E-state index >= 15 is 0 Å². The van der Waals surface area contributed by atoms with E-state index < -0.39 is 4.44 Å². The van der Waals surface area contributed by atoms with E-state index in [1.54, 1.807) is 11.4 Å². The van der Waals surface area contributed by atoms with Crippen LogP contribution in [0, 0.1) is 0 Å². The van der Waals surface area contributed by atoms with E-state index in [-0.39, 0.29) is 0 Å². The minimum Gasteiger partial charge on any atom is -0.304 e. The van der Waals surface area contributed by atoms with Gasteiger partial charge in [-0.15, -0.1) is 12.2 Å². The van der Waals surface area contributed by atoms with Gasteiger partial charge in [0.1, 0.15) is 0 Å². The normalized spacial score (nSPS) is 13.6. The first-order valence-corrected chi connectivity index (χ1v) is 12.8. The third kappa shape index (κ3) is 9.70. The maximum absolute atomic E-state index is 5.77. The fourth-order valence-electron chi connectivity index (χ4n) is 1.40. The van der Waals surface area contributed by atoms with E-state index in [0.717, 1.165) is 16.1 Å². The molecular weight excluding hydrogens is 345 g/mol. The minimum absolute atomic E-state index is 0.758. The Morgan fingerprint density at radius 1 is 1.10 bits per heavy atom. The number of hydrogen-bond acceptors (Lipinski definition) is 3. The first-order chi connectivity index (χ1) is 9.38. The first-order valence-electron chi connectivity index (χ1n) is 6.87. The molecule has 1 atom stereocenters. The molecule has 0 saturated heterocycles. The largest absolute Gasteiger partial charge is 0.304 e. The van der Waals surface area contributed by atoms with Crippen LogP contribution in [0.15, 0.2) is 29.2 Å². The summed E-state index contributed by atoms with van der Waals surface area (Å²) in [6, 6.07) is 7.73. The molecule has 1 aromatic rings. The van der Waals surface area contributed by atoms with Crippen LogP contribution in [0.25, 0.3) is 0 Å². The molecule has 0 bridgehead atoms. The second-order valence-electron chi connectivity index (χ2n) is 4.12. The van der Waals surface area contributed by atoms with Crippen molar-refractivity contribution in [2.24, 2.45) is 0 Å². The predicted molar refractivity (Wildman–Crippen MR) is 105 cm³/mol. The molecule has 0 amide bonds. The van der Waals surface area contributed by atoms with Gasteiger partial charge in [-0.3, -0.25) is 0 Å². The van der Waals surface area contributed by atoms with Crippen LogP contribution in [0.4, 0.5) is 0 Å². The maximum atomic E-state index is 5.77.